The van der Waals surface area contributed by atoms with Gasteiger partial charge in [-0.3, -0.25) is 9.59 Å². The summed E-state index contributed by atoms with van der Waals surface area (Å²) >= 11 is 0. The van der Waals surface area contributed by atoms with Crippen molar-refractivity contribution in [2.24, 2.45) is 0 Å². The lowest BCUT2D eigenvalue weighted by Crippen LogP contribution is -2.54. The van der Waals surface area contributed by atoms with E-state index in [2.05, 4.69) is 5.32 Å². The Kier molecular flexibility index (Phi) is 3.31. The second-order valence-corrected chi connectivity index (χ2v) is 3.79. The van der Waals surface area contributed by atoms with Crippen LogP contribution >= 0.6 is 0 Å². The van der Waals surface area contributed by atoms with E-state index in [9.17, 15) is 9.59 Å². The van der Waals surface area contributed by atoms with E-state index in [1.165, 1.54) is 0 Å². The van der Waals surface area contributed by atoms with E-state index in [0.29, 0.717) is 18.7 Å². The van der Waals surface area contributed by atoms with Crippen LogP contribution in [0.3, 0.4) is 0 Å². The Morgan fingerprint density at radius 3 is 2.81 bits per heavy atom. The van der Waals surface area contributed by atoms with Gasteiger partial charge >= 0.3 is 0 Å². The molecule has 1 saturated heterocycles. The normalized spacial score (nSPS) is 20.5. The van der Waals surface area contributed by atoms with Crippen molar-refractivity contribution in [2.45, 2.75) is 6.04 Å². The third-order valence-electron chi connectivity index (χ3n) is 2.78. The van der Waals surface area contributed by atoms with Crippen LogP contribution in [0.25, 0.3) is 0 Å². The predicted octanol–water partition coefficient (Wildman–Crippen LogP) is 0.299. The van der Waals surface area contributed by atoms with Crippen LogP contribution in [0, 0.1) is 0 Å². The van der Waals surface area contributed by atoms with E-state index in [1.807, 2.05) is 18.2 Å². The van der Waals surface area contributed by atoms with Gasteiger partial charge in [-0.15, -0.1) is 0 Å². The average Bonchev–Trinajstić information content (AvgIpc) is 2.39. The van der Waals surface area contributed by atoms with Gasteiger partial charge in [-0.05, 0) is 0 Å². The predicted molar refractivity (Wildman–Crippen MR) is 60.2 cm³/mol. The highest BCUT2D eigenvalue weighted by Gasteiger charge is 2.27. The first-order valence-corrected chi connectivity index (χ1v) is 5.34. The van der Waals surface area contributed by atoms with Crippen LogP contribution in [0.2, 0.25) is 0 Å². The van der Waals surface area contributed by atoms with Crippen LogP contribution in [0.5, 0.6) is 0 Å². The lowest BCUT2D eigenvalue weighted by Gasteiger charge is -2.32. The molecule has 0 saturated carbocycles. The van der Waals surface area contributed by atoms with Crippen LogP contribution in [0.4, 0.5) is 0 Å². The lowest BCUT2D eigenvalue weighted by molar-refractivity contribution is -0.120. The summed E-state index contributed by atoms with van der Waals surface area (Å²) < 4.78 is 0. The second-order valence-electron chi connectivity index (χ2n) is 3.79. The van der Waals surface area contributed by atoms with Crippen molar-refractivity contribution in [1.29, 1.82) is 0 Å². The number of Topliss-reactive ketones (excluding diaryl/α,β-unsaturated/α-hetero) is 1. The van der Waals surface area contributed by atoms with Gasteiger partial charge in [0.25, 0.3) is 0 Å². The number of amides is 1. The number of piperazine rings is 1. The Morgan fingerprint density at radius 2 is 2.12 bits per heavy atom. The van der Waals surface area contributed by atoms with Crippen molar-refractivity contribution in [1.82, 2.24) is 10.2 Å². The maximum atomic E-state index is 12.1. The summed E-state index contributed by atoms with van der Waals surface area (Å²) in [6.07, 6.45) is 0.756. The van der Waals surface area contributed by atoms with Crippen LogP contribution in [0.15, 0.2) is 30.3 Å². The molecule has 0 aliphatic carbocycles. The van der Waals surface area contributed by atoms with Crippen molar-refractivity contribution in [3.8, 4) is 0 Å². The van der Waals surface area contributed by atoms with E-state index in [4.69, 9.17) is 0 Å². The highest BCUT2D eigenvalue weighted by Crippen LogP contribution is 2.09. The largest absolute Gasteiger partial charge is 0.332 e. The molecule has 0 bridgehead atoms. The Hall–Kier alpha value is -1.68. The van der Waals surface area contributed by atoms with E-state index in [0.717, 1.165) is 13.0 Å². The highest BCUT2D eigenvalue weighted by molar-refractivity contribution is 6.01. The smallest absolute Gasteiger partial charge is 0.210 e. The van der Waals surface area contributed by atoms with Crippen LogP contribution in [0.1, 0.15) is 10.4 Å². The van der Waals surface area contributed by atoms with Crippen LogP contribution < -0.4 is 5.32 Å². The molecule has 1 unspecified atom stereocenters. The van der Waals surface area contributed by atoms with Gasteiger partial charge in [0.1, 0.15) is 6.04 Å². The Balaban J connectivity index is 2.17. The van der Waals surface area contributed by atoms with Gasteiger partial charge in [0.15, 0.2) is 5.78 Å². The molecule has 1 aliphatic rings. The van der Waals surface area contributed by atoms with Gasteiger partial charge in [-0.1, -0.05) is 30.3 Å². The molecule has 1 N–H and O–H groups in total. The summed E-state index contributed by atoms with van der Waals surface area (Å²) in [5.41, 5.74) is 0.656. The number of ketones is 1. The monoisotopic (exact) mass is 218 g/mol. The van der Waals surface area contributed by atoms with Crippen molar-refractivity contribution in [3.05, 3.63) is 35.9 Å². The van der Waals surface area contributed by atoms with E-state index < -0.39 is 0 Å². The maximum Gasteiger partial charge on any atom is 0.210 e. The van der Waals surface area contributed by atoms with Crippen LogP contribution in [-0.2, 0) is 4.79 Å². The Bertz CT molecular complexity index is 378. The van der Waals surface area contributed by atoms with Crippen molar-refractivity contribution in [3.63, 3.8) is 0 Å². The molecule has 4 heteroatoms. The minimum Gasteiger partial charge on any atom is -0.332 e. The first-order valence-electron chi connectivity index (χ1n) is 5.34. The minimum atomic E-state index is -0.367. The molecule has 0 aromatic heterocycles. The Labute approximate surface area is 94.2 Å². The third-order valence-corrected chi connectivity index (χ3v) is 2.78. The molecule has 4 nitrogen and oxygen atoms in total. The van der Waals surface area contributed by atoms with E-state index >= 15 is 0 Å². The van der Waals surface area contributed by atoms with Gasteiger partial charge < -0.3 is 10.2 Å². The summed E-state index contributed by atoms with van der Waals surface area (Å²) in [6, 6.07) is 8.71. The van der Waals surface area contributed by atoms with E-state index in [-0.39, 0.29) is 11.8 Å². The highest BCUT2D eigenvalue weighted by atomic mass is 16.1. The number of carbonyl (C=O) groups excluding carboxylic acids is 2. The zero-order valence-electron chi connectivity index (χ0n) is 8.93. The summed E-state index contributed by atoms with van der Waals surface area (Å²) in [5, 5.41) is 3.13. The number of carbonyl (C=O) groups is 2. The van der Waals surface area contributed by atoms with Crippen molar-refractivity contribution >= 4 is 12.2 Å². The molecule has 2 rings (SSSR count). The summed E-state index contributed by atoms with van der Waals surface area (Å²) in [4.78, 5) is 24.5. The molecule has 1 amide bonds. The fraction of sp³-hybridized carbons (Fsp3) is 0.333. The fourth-order valence-corrected chi connectivity index (χ4v) is 1.88. The first-order chi connectivity index (χ1) is 7.83. The molecule has 1 aromatic carbocycles. The van der Waals surface area contributed by atoms with Gasteiger partial charge in [0, 0.05) is 25.2 Å². The first kappa shape index (κ1) is 10.8. The van der Waals surface area contributed by atoms with Gasteiger partial charge in [0.05, 0.1) is 0 Å². The topological polar surface area (TPSA) is 49.4 Å². The standard InChI is InChI=1S/C12H14N2O2/c15-9-14-7-6-13-8-11(14)12(16)10-4-2-1-3-5-10/h1-5,9,11,13H,6-8H2. The summed E-state index contributed by atoms with van der Waals surface area (Å²) in [6.45, 7) is 1.87. The second kappa shape index (κ2) is 4.90. The summed E-state index contributed by atoms with van der Waals surface area (Å²) in [5.74, 6) is -0.0000926. The maximum absolute atomic E-state index is 12.1. The van der Waals surface area contributed by atoms with Gasteiger partial charge in [-0.2, -0.15) is 0 Å². The van der Waals surface area contributed by atoms with Crippen molar-refractivity contribution in [2.75, 3.05) is 19.6 Å². The fourth-order valence-electron chi connectivity index (χ4n) is 1.88. The minimum absolute atomic E-state index is 0.0000926. The van der Waals surface area contributed by atoms with E-state index in [1.54, 1.807) is 17.0 Å². The molecule has 0 radical (unpaired) electrons. The number of benzene rings is 1. The zero-order valence-corrected chi connectivity index (χ0v) is 8.93. The molecule has 0 spiro atoms. The van der Waals surface area contributed by atoms with Crippen LogP contribution in [-0.4, -0.2) is 42.8 Å². The number of hydrogen-bond acceptors (Lipinski definition) is 3. The average molecular weight is 218 g/mol. The van der Waals surface area contributed by atoms with Crippen molar-refractivity contribution < 1.29 is 9.59 Å². The lowest BCUT2D eigenvalue weighted by atomic mass is 10.0. The molecule has 1 aromatic rings. The molecule has 1 fully saturated rings. The third kappa shape index (κ3) is 2.12. The molecule has 16 heavy (non-hydrogen) atoms. The molecule has 1 aliphatic heterocycles. The Morgan fingerprint density at radius 1 is 1.38 bits per heavy atom. The number of nitrogens with one attached hydrogen (secondary N) is 1. The van der Waals surface area contributed by atoms with Gasteiger partial charge in [-0.25, -0.2) is 0 Å². The molecule has 1 heterocycles. The molecular weight excluding hydrogens is 204 g/mol. The quantitative estimate of drug-likeness (QED) is 0.586. The SMILES string of the molecule is O=CN1CCNCC1C(=O)c1ccccc1. The number of nitrogens with zero attached hydrogens (tertiary/aromatic N) is 1. The molecular formula is C12H14N2O2. The summed E-state index contributed by atoms with van der Waals surface area (Å²) in [7, 11) is 0. The number of hydrogen-bond donors (Lipinski definition) is 1. The number of rotatable bonds is 3. The zero-order chi connectivity index (χ0) is 11.4. The van der Waals surface area contributed by atoms with Gasteiger partial charge in [0.2, 0.25) is 6.41 Å². The molecule has 1 atom stereocenters. The molecule has 84 valence electrons.